The van der Waals surface area contributed by atoms with Crippen LogP contribution < -0.4 is 0 Å². The predicted molar refractivity (Wildman–Crippen MR) is 73.3 cm³/mol. The molecule has 0 radical (unpaired) electrons. The summed E-state index contributed by atoms with van der Waals surface area (Å²) in [6, 6.07) is 6.45. The van der Waals surface area contributed by atoms with Crippen molar-refractivity contribution in [3.05, 3.63) is 44.4 Å². The highest BCUT2D eigenvalue weighted by Gasteiger charge is 2.11. The molecule has 0 spiro atoms. The molecule has 0 unspecified atom stereocenters. The Hall–Kier alpha value is -2.09. The van der Waals surface area contributed by atoms with Gasteiger partial charge in [-0.1, -0.05) is 28.1 Å². The number of ketones is 2. The van der Waals surface area contributed by atoms with Crippen molar-refractivity contribution in [1.82, 2.24) is 0 Å². The van der Waals surface area contributed by atoms with Gasteiger partial charge in [0.2, 0.25) is 5.78 Å². The van der Waals surface area contributed by atoms with Gasteiger partial charge in [0.1, 0.15) is 12.2 Å². The van der Waals surface area contributed by atoms with E-state index in [0.717, 1.165) is 4.47 Å². The molecule has 1 rings (SSSR count). The van der Waals surface area contributed by atoms with E-state index in [2.05, 4.69) is 15.9 Å². The van der Waals surface area contributed by atoms with Gasteiger partial charge >= 0.3 is 5.97 Å². The quantitative estimate of drug-likeness (QED) is 0.377. The Morgan fingerprint density at radius 3 is 2.05 bits per heavy atom. The third-order valence-electron chi connectivity index (χ3n) is 1.84. The van der Waals surface area contributed by atoms with E-state index in [0.29, 0.717) is 5.56 Å². The fourth-order valence-corrected chi connectivity index (χ4v) is 1.32. The number of halogens is 1. The molecule has 0 atom stereocenters. The van der Waals surface area contributed by atoms with Crippen LogP contribution in [0.25, 0.3) is 0 Å². The molecule has 108 valence electrons. The summed E-state index contributed by atoms with van der Waals surface area (Å²) in [4.78, 5) is 40.0. The molecule has 0 heterocycles. The van der Waals surface area contributed by atoms with Crippen LogP contribution in [0.1, 0.15) is 23.7 Å². The first-order valence-electron chi connectivity index (χ1n) is 5.34. The van der Waals surface area contributed by atoms with Crippen LogP contribution in [-0.4, -0.2) is 34.1 Å². The van der Waals surface area contributed by atoms with Crippen LogP contribution in [0.5, 0.6) is 0 Å². The summed E-state index contributed by atoms with van der Waals surface area (Å²) in [5, 5.41) is 17.9. The summed E-state index contributed by atoms with van der Waals surface area (Å²) in [5.74, 6) is -1.85. The molecule has 0 fully saturated rings. The van der Waals surface area contributed by atoms with E-state index in [1.54, 1.807) is 24.3 Å². The highest BCUT2D eigenvalue weighted by Crippen LogP contribution is 2.10. The van der Waals surface area contributed by atoms with Gasteiger partial charge in [-0.15, -0.1) is 0 Å². The monoisotopic (exact) mass is 345 g/mol. The molecule has 0 aliphatic carbocycles. The van der Waals surface area contributed by atoms with Gasteiger partial charge in [-0.05, 0) is 19.1 Å². The molecule has 7 nitrogen and oxygen atoms in total. The standard InChI is InChI=1S/C8H6BrNO3.C4H6O3/c9-7-3-1-6(2-4-7)8(11)5-10(12)13;1-3(5)2-4(6)7/h1-4H,5H2;2H2,1H3,(H,6,7). The number of carbonyl (C=O) groups is 3. The van der Waals surface area contributed by atoms with Crippen molar-refractivity contribution in [3.63, 3.8) is 0 Å². The average Bonchev–Trinajstić information content (AvgIpc) is 2.27. The second-order valence-corrected chi connectivity index (χ2v) is 4.61. The number of carbonyl (C=O) groups excluding carboxylic acids is 2. The molecule has 1 aromatic rings. The molecule has 0 saturated carbocycles. The van der Waals surface area contributed by atoms with Gasteiger partial charge in [0, 0.05) is 15.0 Å². The zero-order valence-corrected chi connectivity index (χ0v) is 12.1. The first kappa shape index (κ1) is 17.9. The van der Waals surface area contributed by atoms with Crippen molar-refractivity contribution in [2.75, 3.05) is 6.54 Å². The summed E-state index contributed by atoms with van der Waals surface area (Å²) < 4.78 is 0.838. The van der Waals surface area contributed by atoms with Crippen LogP contribution in [0.15, 0.2) is 28.7 Å². The van der Waals surface area contributed by atoms with E-state index in [1.165, 1.54) is 6.92 Å². The fraction of sp³-hybridized carbons (Fsp3) is 0.250. The van der Waals surface area contributed by atoms with E-state index >= 15 is 0 Å². The minimum atomic E-state index is -1.06. The predicted octanol–water partition coefficient (Wildman–Crippen LogP) is 1.96. The molecule has 0 amide bonds. The number of Topliss-reactive ketones (excluding diaryl/α,β-unsaturated/α-hetero) is 2. The molecular formula is C12H12BrNO6. The van der Waals surface area contributed by atoms with Crippen LogP contribution in [0.3, 0.4) is 0 Å². The second-order valence-electron chi connectivity index (χ2n) is 3.69. The molecular weight excluding hydrogens is 334 g/mol. The van der Waals surface area contributed by atoms with Crippen molar-refractivity contribution in [2.24, 2.45) is 0 Å². The Labute approximate surface area is 122 Å². The summed E-state index contributed by atoms with van der Waals surface area (Å²) >= 11 is 3.20. The number of nitrogens with zero attached hydrogens (tertiary/aromatic N) is 1. The maximum atomic E-state index is 11.1. The Morgan fingerprint density at radius 2 is 1.75 bits per heavy atom. The van der Waals surface area contributed by atoms with E-state index in [9.17, 15) is 24.5 Å². The Kier molecular flexibility index (Phi) is 7.98. The Morgan fingerprint density at radius 1 is 1.25 bits per heavy atom. The van der Waals surface area contributed by atoms with Crippen molar-refractivity contribution >= 4 is 33.5 Å². The second kappa shape index (κ2) is 8.92. The van der Waals surface area contributed by atoms with Gasteiger partial charge in [-0.3, -0.25) is 24.5 Å². The van der Waals surface area contributed by atoms with Gasteiger partial charge in [-0.2, -0.15) is 0 Å². The summed E-state index contributed by atoms with van der Waals surface area (Å²) in [6.45, 7) is 0.593. The number of carboxylic acids is 1. The molecule has 1 aromatic carbocycles. The number of rotatable bonds is 5. The first-order valence-corrected chi connectivity index (χ1v) is 6.13. The molecule has 0 bridgehead atoms. The van der Waals surface area contributed by atoms with Gasteiger partial charge in [0.25, 0.3) is 6.54 Å². The summed E-state index contributed by atoms with van der Waals surface area (Å²) in [5.41, 5.74) is 0.361. The van der Waals surface area contributed by atoms with Gasteiger partial charge in [0.05, 0.1) is 0 Å². The minimum Gasteiger partial charge on any atom is -0.481 e. The minimum absolute atomic E-state index is 0.312. The van der Waals surface area contributed by atoms with Crippen molar-refractivity contribution < 1.29 is 24.4 Å². The molecule has 8 heteroatoms. The lowest BCUT2D eigenvalue weighted by atomic mass is 10.1. The third-order valence-corrected chi connectivity index (χ3v) is 2.37. The van der Waals surface area contributed by atoms with Crippen LogP contribution in [0.2, 0.25) is 0 Å². The molecule has 20 heavy (non-hydrogen) atoms. The number of carboxylic acid groups (broad SMARTS) is 1. The van der Waals surface area contributed by atoms with Crippen LogP contribution in [-0.2, 0) is 9.59 Å². The molecule has 0 aromatic heterocycles. The third kappa shape index (κ3) is 8.92. The van der Waals surface area contributed by atoms with Crippen molar-refractivity contribution in [3.8, 4) is 0 Å². The average molecular weight is 346 g/mol. The molecule has 0 aliphatic rings. The smallest absolute Gasteiger partial charge is 0.310 e. The zero-order chi connectivity index (χ0) is 15.7. The topological polar surface area (TPSA) is 115 Å². The maximum Gasteiger partial charge on any atom is 0.310 e. The van der Waals surface area contributed by atoms with E-state index in [4.69, 9.17) is 5.11 Å². The maximum absolute atomic E-state index is 11.1. The molecule has 0 aliphatic heterocycles. The number of benzene rings is 1. The zero-order valence-electron chi connectivity index (χ0n) is 10.5. The number of hydrogen-bond acceptors (Lipinski definition) is 5. The van der Waals surface area contributed by atoms with Gasteiger partial charge in [-0.25, -0.2) is 0 Å². The molecule has 0 saturated heterocycles. The van der Waals surface area contributed by atoms with Gasteiger partial charge in [0.15, 0.2) is 0 Å². The Balaban J connectivity index is 0.000000441. The first-order chi connectivity index (χ1) is 9.22. The SMILES string of the molecule is CC(=O)CC(=O)O.O=C(C[N+](=O)[O-])c1ccc(Br)cc1. The number of aliphatic carboxylic acids is 1. The van der Waals surface area contributed by atoms with Gasteiger partial charge < -0.3 is 5.11 Å². The lowest BCUT2D eigenvalue weighted by molar-refractivity contribution is -0.465. The van der Waals surface area contributed by atoms with E-state index in [1.807, 2.05) is 0 Å². The number of nitro groups is 1. The lowest BCUT2D eigenvalue weighted by Crippen LogP contribution is -2.13. The van der Waals surface area contributed by atoms with Crippen molar-refractivity contribution in [1.29, 1.82) is 0 Å². The lowest BCUT2D eigenvalue weighted by Gasteiger charge is -1.95. The highest BCUT2D eigenvalue weighted by molar-refractivity contribution is 9.10. The Bertz CT molecular complexity index is 499. The van der Waals surface area contributed by atoms with Crippen LogP contribution in [0.4, 0.5) is 0 Å². The van der Waals surface area contributed by atoms with Crippen LogP contribution >= 0.6 is 15.9 Å². The number of hydrogen-bond donors (Lipinski definition) is 1. The summed E-state index contributed by atoms with van der Waals surface area (Å²) in [6.07, 6.45) is -0.361. The van der Waals surface area contributed by atoms with Crippen molar-refractivity contribution in [2.45, 2.75) is 13.3 Å². The largest absolute Gasteiger partial charge is 0.481 e. The van der Waals surface area contributed by atoms with Crippen LogP contribution in [0, 0.1) is 10.1 Å². The fourth-order valence-electron chi connectivity index (χ4n) is 1.06. The van der Waals surface area contributed by atoms with E-state index in [-0.39, 0.29) is 12.2 Å². The summed E-state index contributed by atoms with van der Waals surface area (Å²) in [7, 11) is 0. The van der Waals surface area contributed by atoms with E-state index < -0.39 is 23.2 Å². The normalized spacial score (nSPS) is 9.10. The highest BCUT2D eigenvalue weighted by atomic mass is 79.9. The molecule has 1 N–H and O–H groups in total.